The van der Waals surface area contributed by atoms with Crippen LogP contribution in [0.5, 0.6) is 10.9 Å². The Labute approximate surface area is 170 Å². The summed E-state index contributed by atoms with van der Waals surface area (Å²) in [5.74, 6) is 0.862. The SMILES string of the molecule is COc1ccc2sc(OC3CCN(C(=O)c4cccc(Br)c4)CC3)nc2c1. The molecule has 0 radical (unpaired) electrons. The van der Waals surface area contributed by atoms with Gasteiger partial charge in [0.2, 0.25) is 0 Å². The van der Waals surface area contributed by atoms with E-state index in [1.54, 1.807) is 18.4 Å². The van der Waals surface area contributed by atoms with Gasteiger partial charge in [-0.3, -0.25) is 4.79 Å². The van der Waals surface area contributed by atoms with Crippen LogP contribution >= 0.6 is 27.3 Å². The summed E-state index contributed by atoms with van der Waals surface area (Å²) in [5, 5.41) is 0.676. The lowest BCUT2D eigenvalue weighted by atomic mass is 10.1. The van der Waals surface area contributed by atoms with Gasteiger partial charge in [-0.25, -0.2) is 4.98 Å². The number of carbonyl (C=O) groups is 1. The van der Waals surface area contributed by atoms with E-state index in [0.717, 1.165) is 33.3 Å². The lowest BCUT2D eigenvalue weighted by Gasteiger charge is -2.31. The van der Waals surface area contributed by atoms with Crippen molar-refractivity contribution in [1.29, 1.82) is 0 Å². The van der Waals surface area contributed by atoms with E-state index in [-0.39, 0.29) is 12.0 Å². The zero-order chi connectivity index (χ0) is 18.8. The van der Waals surface area contributed by atoms with Crippen LogP contribution in [0.3, 0.4) is 0 Å². The molecule has 27 heavy (non-hydrogen) atoms. The van der Waals surface area contributed by atoms with E-state index in [1.807, 2.05) is 47.4 Å². The number of carbonyl (C=O) groups excluding carboxylic acids is 1. The van der Waals surface area contributed by atoms with Gasteiger partial charge in [0, 0.05) is 42.0 Å². The summed E-state index contributed by atoms with van der Waals surface area (Å²) in [6, 6.07) is 13.4. The van der Waals surface area contributed by atoms with Crippen molar-refractivity contribution in [2.45, 2.75) is 18.9 Å². The van der Waals surface area contributed by atoms with Gasteiger partial charge >= 0.3 is 0 Å². The summed E-state index contributed by atoms with van der Waals surface area (Å²) in [5.41, 5.74) is 1.60. The summed E-state index contributed by atoms with van der Waals surface area (Å²) in [6.45, 7) is 1.38. The van der Waals surface area contributed by atoms with Gasteiger partial charge in [-0.15, -0.1) is 0 Å². The van der Waals surface area contributed by atoms with E-state index < -0.39 is 0 Å². The van der Waals surface area contributed by atoms with Crippen molar-refractivity contribution in [1.82, 2.24) is 9.88 Å². The Morgan fingerprint density at radius 1 is 1.22 bits per heavy atom. The van der Waals surface area contributed by atoms with Gasteiger partial charge in [0.1, 0.15) is 11.9 Å². The maximum atomic E-state index is 12.6. The molecule has 0 unspecified atom stereocenters. The normalized spacial score (nSPS) is 15.1. The number of fused-ring (bicyclic) bond motifs is 1. The predicted molar refractivity (Wildman–Crippen MR) is 110 cm³/mol. The van der Waals surface area contributed by atoms with Crippen LogP contribution in [-0.2, 0) is 0 Å². The summed E-state index contributed by atoms with van der Waals surface area (Å²) in [6.07, 6.45) is 1.69. The number of nitrogens with zero attached hydrogens (tertiary/aromatic N) is 2. The molecule has 140 valence electrons. The van der Waals surface area contributed by atoms with Crippen molar-refractivity contribution in [2.75, 3.05) is 20.2 Å². The third kappa shape index (κ3) is 4.09. The smallest absolute Gasteiger partial charge is 0.274 e. The first-order valence-corrected chi connectivity index (χ1v) is 10.4. The second-order valence-electron chi connectivity index (χ2n) is 6.43. The lowest BCUT2D eigenvalue weighted by Crippen LogP contribution is -2.41. The second-order valence-corrected chi connectivity index (χ2v) is 8.34. The molecular formula is C20H19BrN2O3S. The van der Waals surface area contributed by atoms with Crippen molar-refractivity contribution in [3.05, 3.63) is 52.5 Å². The van der Waals surface area contributed by atoms with Crippen molar-refractivity contribution in [2.24, 2.45) is 0 Å². The van der Waals surface area contributed by atoms with Crippen LogP contribution in [0, 0.1) is 0 Å². The molecule has 2 heterocycles. The molecule has 1 aliphatic rings. The first-order chi connectivity index (χ1) is 13.1. The standard InChI is InChI=1S/C20H19BrN2O3S/c1-25-16-5-6-18-17(12-16)22-20(27-18)26-15-7-9-23(10-8-15)19(24)13-3-2-4-14(21)11-13/h2-6,11-12,15H,7-10H2,1H3. The molecule has 1 aliphatic heterocycles. The van der Waals surface area contributed by atoms with Gasteiger partial charge in [-0.05, 0) is 30.3 Å². The maximum Gasteiger partial charge on any atom is 0.274 e. The molecule has 1 aromatic heterocycles. The van der Waals surface area contributed by atoms with Crippen LogP contribution in [0.1, 0.15) is 23.2 Å². The number of halogens is 1. The van der Waals surface area contributed by atoms with E-state index in [9.17, 15) is 4.79 Å². The van der Waals surface area contributed by atoms with Gasteiger partial charge in [-0.1, -0.05) is 33.3 Å². The highest BCUT2D eigenvalue weighted by molar-refractivity contribution is 9.10. The number of hydrogen-bond donors (Lipinski definition) is 0. The quantitative estimate of drug-likeness (QED) is 0.579. The second kappa shape index (κ2) is 7.86. The van der Waals surface area contributed by atoms with Crippen molar-refractivity contribution >= 4 is 43.4 Å². The third-order valence-electron chi connectivity index (χ3n) is 4.64. The Kier molecular flexibility index (Phi) is 5.31. The van der Waals surface area contributed by atoms with Crippen LogP contribution < -0.4 is 9.47 Å². The molecule has 3 aromatic rings. The number of aromatic nitrogens is 1. The topological polar surface area (TPSA) is 51.7 Å². The number of benzene rings is 2. The average Bonchev–Trinajstić information content (AvgIpc) is 3.09. The fourth-order valence-corrected chi connectivity index (χ4v) is 4.45. The zero-order valence-corrected chi connectivity index (χ0v) is 17.3. The van der Waals surface area contributed by atoms with Gasteiger partial charge in [-0.2, -0.15) is 0 Å². The largest absolute Gasteiger partial charge is 0.497 e. The van der Waals surface area contributed by atoms with Gasteiger partial charge in [0.15, 0.2) is 0 Å². The maximum absolute atomic E-state index is 12.6. The molecule has 0 spiro atoms. The minimum atomic E-state index is 0.0711. The Morgan fingerprint density at radius 3 is 2.78 bits per heavy atom. The fraction of sp³-hybridized carbons (Fsp3) is 0.300. The van der Waals surface area contributed by atoms with Crippen LogP contribution in [0.4, 0.5) is 0 Å². The summed E-state index contributed by atoms with van der Waals surface area (Å²) >= 11 is 4.96. The molecule has 5 nitrogen and oxygen atoms in total. The molecular weight excluding hydrogens is 428 g/mol. The Balaban J connectivity index is 1.37. The third-order valence-corrected chi connectivity index (χ3v) is 6.06. The van der Waals surface area contributed by atoms with Gasteiger partial charge in [0.25, 0.3) is 11.1 Å². The first-order valence-electron chi connectivity index (χ1n) is 8.78. The average molecular weight is 447 g/mol. The van der Waals surface area contributed by atoms with Crippen LogP contribution in [0.15, 0.2) is 46.9 Å². The van der Waals surface area contributed by atoms with E-state index in [0.29, 0.717) is 23.8 Å². The van der Waals surface area contributed by atoms with Gasteiger partial charge < -0.3 is 14.4 Å². The van der Waals surface area contributed by atoms with Crippen molar-refractivity contribution < 1.29 is 14.3 Å². The van der Waals surface area contributed by atoms with Gasteiger partial charge in [0.05, 0.1) is 17.3 Å². The highest BCUT2D eigenvalue weighted by Crippen LogP contribution is 2.32. The van der Waals surface area contributed by atoms with E-state index >= 15 is 0 Å². The molecule has 2 aromatic carbocycles. The fourth-order valence-electron chi connectivity index (χ4n) is 3.19. The minimum Gasteiger partial charge on any atom is -0.497 e. The van der Waals surface area contributed by atoms with E-state index in [1.165, 1.54) is 0 Å². The Morgan fingerprint density at radius 2 is 2.04 bits per heavy atom. The monoisotopic (exact) mass is 446 g/mol. The Bertz CT molecular complexity index is 967. The summed E-state index contributed by atoms with van der Waals surface area (Å²) < 4.78 is 13.3. The number of methoxy groups -OCH3 is 1. The van der Waals surface area contributed by atoms with E-state index in [4.69, 9.17) is 9.47 Å². The minimum absolute atomic E-state index is 0.0711. The molecule has 4 rings (SSSR count). The molecule has 0 N–H and O–H groups in total. The molecule has 1 fully saturated rings. The van der Waals surface area contributed by atoms with Crippen LogP contribution in [0.25, 0.3) is 10.2 Å². The number of ether oxygens (including phenoxy) is 2. The number of rotatable bonds is 4. The molecule has 1 amide bonds. The highest BCUT2D eigenvalue weighted by atomic mass is 79.9. The molecule has 0 saturated carbocycles. The number of thiazole rings is 1. The number of hydrogen-bond acceptors (Lipinski definition) is 5. The number of piperidine rings is 1. The van der Waals surface area contributed by atoms with Crippen molar-refractivity contribution in [3.8, 4) is 10.9 Å². The molecule has 0 aliphatic carbocycles. The molecule has 7 heteroatoms. The highest BCUT2D eigenvalue weighted by Gasteiger charge is 2.25. The molecule has 1 saturated heterocycles. The zero-order valence-electron chi connectivity index (χ0n) is 14.9. The predicted octanol–water partition coefficient (Wildman–Crippen LogP) is 4.75. The Hall–Kier alpha value is -2.12. The van der Waals surface area contributed by atoms with Crippen molar-refractivity contribution in [3.63, 3.8) is 0 Å². The first kappa shape index (κ1) is 18.3. The molecule has 0 bridgehead atoms. The number of likely N-dealkylation sites (tertiary alicyclic amines) is 1. The summed E-state index contributed by atoms with van der Waals surface area (Å²) in [4.78, 5) is 19.1. The molecule has 0 atom stereocenters. The number of amides is 1. The lowest BCUT2D eigenvalue weighted by molar-refractivity contribution is 0.0595. The van der Waals surface area contributed by atoms with Crippen LogP contribution in [-0.4, -0.2) is 42.1 Å². The van der Waals surface area contributed by atoms with Crippen LogP contribution in [0.2, 0.25) is 0 Å². The summed E-state index contributed by atoms with van der Waals surface area (Å²) in [7, 11) is 1.65. The van der Waals surface area contributed by atoms with E-state index in [2.05, 4.69) is 20.9 Å².